The van der Waals surface area contributed by atoms with Crippen molar-refractivity contribution in [3.8, 4) is 11.5 Å². The van der Waals surface area contributed by atoms with E-state index in [1.807, 2.05) is 0 Å². The average Bonchev–Trinajstić information content (AvgIpc) is 2.76. The topological polar surface area (TPSA) is 104 Å². The van der Waals surface area contributed by atoms with Crippen LogP contribution in [-0.2, 0) is 25.5 Å². The summed E-state index contributed by atoms with van der Waals surface area (Å²) in [6.07, 6.45) is 0.627. The lowest BCUT2D eigenvalue weighted by Crippen LogP contribution is -2.32. The van der Waals surface area contributed by atoms with Crippen molar-refractivity contribution in [2.75, 3.05) is 6.54 Å². The molecule has 1 heterocycles. The Morgan fingerprint density at radius 3 is 2.68 bits per heavy atom. The van der Waals surface area contributed by atoms with Crippen molar-refractivity contribution in [3.05, 3.63) is 23.8 Å². The number of ether oxygens (including phenoxy) is 1. The first-order valence-corrected chi connectivity index (χ1v) is 8.32. The van der Waals surface area contributed by atoms with Gasteiger partial charge in [-0.1, -0.05) is 6.07 Å². The van der Waals surface area contributed by atoms with E-state index in [1.54, 1.807) is 13.8 Å². The number of carbonyl (C=O) groups excluding carboxylic acids is 3. The van der Waals surface area contributed by atoms with Crippen LogP contribution < -0.4 is 0 Å². The molecule has 1 aromatic carbocycles. The molecule has 1 unspecified atom stereocenters. The minimum absolute atomic E-state index is 0.0648. The number of imide groups is 1. The molecule has 0 aliphatic carbocycles. The molecule has 0 bridgehead atoms. The Morgan fingerprint density at radius 1 is 1.32 bits per heavy atom. The normalized spacial score (nSPS) is 17.4. The number of esters is 1. The Bertz CT molecular complexity index is 670. The van der Waals surface area contributed by atoms with E-state index in [0.29, 0.717) is 12.0 Å². The van der Waals surface area contributed by atoms with Gasteiger partial charge in [-0.25, -0.2) is 0 Å². The van der Waals surface area contributed by atoms with Gasteiger partial charge in [0, 0.05) is 25.5 Å². The zero-order chi connectivity index (χ0) is 18.6. The highest BCUT2D eigenvalue weighted by atomic mass is 16.5. The molecule has 1 atom stereocenters. The summed E-state index contributed by atoms with van der Waals surface area (Å²) in [7, 11) is 0. The maximum atomic E-state index is 12.4. The molecule has 2 rings (SSSR count). The zero-order valence-corrected chi connectivity index (χ0v) is 14.4. The number of hydrogen-bond donors (Lipinski definition) is 2. The third kappa shape index (κ3) is 4.95. The molecule has 0 radical (unpaired) electrons. The van der Waals surface area contributed by atoms with Crippen molar-refractivity contribution in [3.63, 3.8) is 0 Å². The fraction of sp³-hybridized carbons (Fsp3) is 0.500. The summed E-state index contributed by atoms with van der Waals surface area (Å²) in [5, 5.41) is 19.1. The van der Waals surface area contributed by atoms with Crippen molar-refractivity contribution < 1.29 is 29.3 Å². The van der Waals surface area contributed by atoms with Crippen LogP contribution in [0.15, 0.2) is 18.2 Å². The number of phenols is 2. The quantitative estimate of drug-likeness (QED) is 0.574. The summed E-state index contributed by atoms with van der Waals surface area (Å²) in [5.74, 6) is -1.62. The highest BCUT2D eigenvalue weighted by Crippen LogP contribution is 2.29. The highest BCUT2D eigenvalue weighted by Gasteiger charge is 2.38. The predicted octanol–water partition coefficient (Wildman–Crippen LogP) is 1.75. The van der Waals surface area contributed by atoms with Crippen molar-refractivity contribution in [1.29, 1.82) is 0 Å². The lowest BCUT2D eigenvalue weighted by Gasteiger charge is -2.15. The van der Waals surface area contributed by atoms with Gasteiger partial charge in [0.15, 0.2) is 0 Å². The van der Waals surface area contributed by atoms with Gasteiger partial charge < -0.3 is 14.9 Å². The second-order valence-corrected chi connectivity index (χ2v) is 6.44. The molecule has 1 aliphatic heterocycles. The summed E-state index contributed by atoms with van der Waals surface area (Å²) >= 11 is 0. The summed E-state index contributed by atoms with van der Waals surface area (Å²) in [6, 6.07) is 4.16. The summed E-state index contributed by atoms with van der Waals surface area (Å²) in [5.41, 5.74) is 0.506. The summed E-state index contributed by atoms with van der Waals surface area (Å²) < 4.78 is 5.02. The zero-order valence-electron chi connectivity index (χ0n) is 14.4. The SMILES string of the molecule is CC(C)OC(=O)CCCN1C(=O)CC(Cc2ccc(O)cc2O)C1=O. The van der Waals surface area contributed by atoms with E-state index in [4.69, 9.17) is 4.74 Å². The standard InChI is InChI=1S/C18H23NO6/c1-11(2)25-17(23)4-3-7-19-16(22)9-13(18(19)24)8-12-5-6-14(20)10-15(12)21/h5-6,10-11,13,20-21H,3-4,7-9H2,1-2H3. The van der Waals surface area contributed by atoms with Crippen LogP contribution >= 0.6 is 0 Å². The van der Waals surface area contributed by atoms with Crippen LogP contribution in [0.25, 0.3) is 0 Å². The summed E-state index contributed by atoms with van der Waals surface area (Å²) in [4.78, 5) is 37.1. The second-order valence-electron chi connectivity index (χ2n) is 6.44. The van der Waals surface area contributed by atoms with Crippen LogP contribution in [0.4, 0.5) is 0 Å². The minimum Gasteiger partial charge on any atom is -0.508 e. The predicted molar refractivity (Wildman–Crippen MR) is 88.8 cm³/mol. The molecule has 7 heteroatoms. The molecule has 2 N–H and O–H groups in total. The molecule has 7 nitrogen and oxygen atoms in total. The fourth-order valence-corrected chi connectivity index (χ4v) is 2.84. The van der Waals surface area contributed by atoms with Gasteiger partial charge in [0.25, 0.3) is 0 Å². The third-order valence-corrected chi connectivity index (χ3v) is 4.00. The van der Waals surface area contributed by atoms with E-state index in [2.05, 4.69) is 0 Å². The molecule has 0 aromatic heterocycles. The number of amides is 2. The van der Waals surface area contributed by atoms with Crippen LogP contribution in [0.1, 0.15) is 38.7 Å². The van der Waals surface area contributed by atoms with Gasteiger partial charge in [0.2, 0.25) is 11.8 Å². The van der Waals surface area contributed by atoms with Gasteiger partial charge in [0.05, 0.1) is 12.0 Å². The first-order chi connectivity index (χ1) is 11.8. The minimum atomic E-state index is -0.537. The maximum absolute atomic E-state index is 12.4. The van der Waals surface area contributed by atoms with Crippen LogP contribution in [0.5, 0.6) is 11.5 Å². The van der Waals surface area contributed by atoms with E-state index >= 15 is 0 Å². The van der Waals surface area contributed by atoms with Crippen molar-refractivity contribution in [1.82, 2.24) is 4.90 Å². The molecule has 1 fully saturated rings. The molecule has 25 heavy (non-hydrogen) atoms. The summed E-state index contributed by atoms with van der Waals surface area (Å²) in [6.45, 7) is 3.70. The van der Waals surface area contributed by atoms with Gasteiger partial charge in [-0.15, -0.1) is 0 Å². The number of aromatic hydroxyl groups is 2. The Balaban J connectivity index is 1.90. The Labute approximate surface area is 146 Å². The Hall–Kier alpha value is -2.57. The van der Waals surface area contributed by atoms with Crippen molar-refractivity contribution >= 4 is 17.8 Å². The van der Waals surface area contributed by atoms with Crippen LogP contribution in [0, 0.1) is 5.92 Å². The molecule has 0 spiro atoms. The van der Waals surface area contributed by atoms with E-state index in [-0.39, 0.29) is 61.2 Å². The third-order valence-electron chi connectivity index (χ3n) is 4.00. The number of rotatable bonds is 7. The van der Waals surface area contributed by atoms with Crippen LogP contribution in [-0.4, -0.2) is 45.5 Å². The smallest absolute Gasteiger partial charge is 0.306 e. The monoisotopic (exact) mass is 349 g/mol. The molecule has 0 saturated carbocycles. The fourth-order valence-electron chi connectivity index (χ4n) is 2.84. The lowest BCUT2D eigenvalue weighted by molar-refractivity contribution is -0.148. The molecule has 136 valence electrons. The molecular weight excluding hydrogens is 326 g/mol. The van der Waals surface area contributed by atoms with E-state index in [0.717, 1.165) is 0 Å². The van der Waals surface area contributed by atoms with E-state index in [9.17, 15) is 24.6 Å². The number of phenolic OH excluding ortho intramolecular Hbond substituents is 2. The van der Waals surface area contributed by atoms with E-state index in [1.165, 1.54) is 23.1 Å². The number of hydrogen-bond acceptors (Lipinski definition) is 6. The molecular formula is C18H23NO6. The van der Waals surface area contributed by atoms with Gasteiger partial charge in [-0.2, -0.15) is 0 Å². The van der Waals surface area contributed by atoms with Crippen molar-refractivity contribution in [2.24, 2.45) is 5.92 Å². The average molecular weight is 349 g/mol. The molecule has 1 aliphatic rings. The maximum Gasteiger partial charge on any atom is 0.306 e. The van der Waals surface area contributed by atoms with Crippen LogP contribution in [0.3, 0.4) is 0 Å². The van der Waals surface area contributed by atoms with Crippen LogP contribution in [0.2, 0.25) is 0 Å². The van der Waals surface area contributed by atoms with Gasteiger partial charge in [0.1, 0.15) is 11.5 Å². The molecule has 1 aromatic rings. The Morgan fingerprint density at radius 2 is 2.04 bits per heavy atom. The molecule has 2 amide bonds. The van der Waals surface area contributed by atoms with Crippen molar-refractivity contribution in [2.45, 2.75) is 45.6 Å². The van der Waals surface area contributed by atoms with E-state index < -0.39 is 5.92 Å². The molecule has 1 saturated heterocycles. The Kier molecular flexibility index (Phi) is 6.01. The number of likely N-dealkylation sites (tertiary alicyclic amines) is 1. The second kappa shape index (κ2) is 8.00. The van der Waals surface area contributed by atoms with Gasteiger partial charge in [-0.3, -0.25) is 19.3 Å². The van der Waals surface area contributed by atoms with Gasteiger partial charge >= 0.3 is 5.97 Å². The first-order valence-electron chi connectivity index (χ1n) is 8.32. The number of benzene rings is 1. The number of nitrogens with zero attached hydrogens (tertiary/aromatic N) is 1. The largest absolute Gasteiger partial charge is 0.508 e. The number of carbonyl (C=O) groups is 3. The first kappa shape index (κ1) is 18.8. The van der Waals surface area contributed by atoms with Gasteiger partial charge in [-0.05, 0) is 38.3 Å². The highest BCUT2D eigenvalue weighted by molar-refractivity contribution is 6.03. The lowest BCUT2D eigenvalue weighted by atomic mass is 9.97.